The minimum absolute atomic E-state index is 0.197. The van der Waals surface area contributed by atoms with Gasteiger partial charge in [-0.2, -0.15) is 0 Å². The van der Waals surface area contributed by atoms with E-state index in [2.05, 4.69) is 15.3 Å². The van der Waals surface area contributed by atoms with Gasteiger partial charge in [0.15, 0.2) is 0 Å². The second-order valence-electron chi connectivity index (χ2n) is 6.78. The third kappa shape index (κ3) is 5.51. The summed E-state index contributed by atoms with van der Waals surface area (Å²) in [6.45, 7) is 4.17. The van der Waals surface area contributed by atoms with Gasteiger partial charge in [0.2, 0.25) is 0 Å². The maximum absolute atomic E-state index is 12.2. The van der Waals surface area contributed by atoms with E-state index in [9.17, 15) is 9.59 Å². The number of rotatable bonds is 5. The van der Waals surface area contributed by atoms with Gasteiger partial charge in [0.1, 0.15) is 18.6 Å². The average molecular weight is 368 g/mol. The van der Waals surface area contributed by atoms with Gasteiger partial charge in [0, 0.05) is 25.8 Å². The summed E-state index contributed by atoms with van der Waals surface area (Å²) in [7, 11) is 0. The topological polar surface area (TPSA) is 84.4 Å². The van der Waals surface area contributed by atoms with Crippen LogP contribution < -0.4 is 5.32 Å². The fourth-order valence-corrected chi connectivity index (χ4v) is 2.99. The third-order valence-corrected chi connectivity index (χ3v) is 4.72. The smallest absolute Gasteiger partial charge is 0.410 e. The zero-order valence-electron chi connectivity index (χ0n) is 15.4. The minimum Gasteiger partial charge on any atom is -0.445 e. The molecular weight excluding hydrogens is 344 g/mol. The van der Waals surface area contributed by atoms with Crippen molar-refractivity contribution in [1.29, 1.82) is 0 Å². The highest BCUT2D eigenvalue weighted by molar-refractivity contribution is 5.92. The molecule has 2 aromatic rings. The van der Waals surface area contributed by atoms with Crippen LogP contribution in [0.3, 0.4) is 0 Å². The Morgan fingerprint density at radius 2 is 1.93 bits per heavy atom. The van der Waals surface area contributed by atoms with Crippen molar-refractivity contribution in [2.24, 2.45) is 5.92 Å². The molecule has 0 radical (unpaired) electrons. The van der Waals surface area contributed by atoms with Crippen molar-refractivity contribution < 1.29 is 14.3 Å². The standard InChI is InChI=1S/C20H24N4O3/c1-15-2-4-17(5-3-15)13-27-20(26)24-10-7-16(8-11-24)12-22-19(25)18-6-9-21-14-23-18/h2-6,9,14,16H,7-8,10-13H2,1H3,(H,22,25). The molecule has 142 valence electrons. The van der Waals surface area contributed by atoms with Crippen LogP contribution in [0.2, 0.25) is 0 Å². The molecule has 1 saturated heterocycles. The molecule has 2 amide bonds. The Bertz CT molecular complexity index is 757. The molecule has 0 aliphatic carbocycles. The summed E-state index contributed by atoms with van der Waals surface area (Å²) in [6.07, 6.45) is 4.30. The van der Waals surface area contributed by atoms with Crippen LogP contribution in [-0.2, 0) is 11.3 Å². The molecule has 0 bridgehead atoms. The van der Waals surface area contributed by atoms with E-state index in [4.69, 9.17) is 4.74 Å². The molecule has 3 rings (SSSR count). The second kappa shape index (κ2) is 9.12. The number of nitrogens with one attached hydrogen (secondary N) is 1. The number of hydrogen-bond acceptors (Lipinski definition) is 5. The van der Waals surface area contributed by atoms with Crippen molar-refractivity contribution in [2.75, 3.05) is 19.6 Å². The lowest BCUT2D eigenvalue weighted by Gasteiger charge is -2.31. The first-order valence-corrected chi connectivity index (χ1v) is 9.13. The number of benzene rings is 1. The van der Waals surface area contributed by atoms with E-state index in [0.717, 1.165) is 18.4 Å². The van der Waals surface area contributed by atoms with Crippen LogP contribution in [-0.4, -0.2) is 46.5 Å². The number of likely N-dealkylation sites (tertiary alicyclic amines) is 1. The lowest BCUT2D eigenvalue weighted by atomic mass is 9.97. The number of nitrogens with zero attached hydrogens (tertiary/aromatic N) is 3. The highest BCUT2D eigenvalue weighted by Crippen LogP contribution is 2.17. The van der Waals surface area contributed by atoms with Gasteiger partial charge in [-0.3, -0.25) is 4.79 Å². The first-order valence-electron chi connectivity index (χ1n) is 9.13. The Labute approximate surface area is 158 Å². The van der Waals surface area contributed by atoms with Crippen molar-refractivity contribution in [2.45, 2.75) is 26.4 Å². The number of ether oxygens (including phenoxy) is 1. The van der Waals surface area contributed by atoms with Crippen LogP contribution in [0.5, 0.6) is 0 Å². The van der Waals surface area contributed by atoms with E-state index in [1.165, 1.54) is 11.9 Å². The predicted molar refractivity (Wildman–Crippen MR) is 100 cm³/mol. The number of piperidine rings is 1. The molecule has 2 heterocycles. The van der Waals surface area contributed by atoms with Crippen LogP contribution >= 0.6 is 0 Å². The highest BCUT2D eigenvalue weighted by Gasteiger charge is 2.24. The highest BCUT2D eigenvalue weighted by atomic mass is 16.6. The van der Waals surface area contributed by atoms with Crippen molar-refractivity contribution in [3.8, 4) is 0 Å². The fourth-order valence-electron chi connectivity index (χ4n) is 2.99. The molecule has 1 aliphatic heterocycles. The number of carbonyl (C=O) groups excluding carboxylic acids is 2. The molecular formula is C20H24N4O3. The van der Waals surface area contributed by atoms with Gasteiger partial charge >= 0.3 is 6.09 Å². The zero-order chi connectivity index (χ0) is 19.1. The molecule has 27 heavy (non-hydrogen) atoms. The second-order valence-corrected chi connectivity index (χ2v) is 6.78. The molecule has 7 nitrogen and oxygen atoms in total. The van der Waals surface area contributed by atoms with Gasteiger partial charge < -0.3 is 15.0 Å². The Morgan fingerprint density at radius 3 is 2.59 bits per heavy atom. The van der Waals surface area contributed by atoms with Gasteiger partial charge in [0.25, 0.3) is 5.91 Å². The lowest BCUT2D eigenvalue weighted by molar-refractivity contribution is 0.0800. The zero-order valence-corrected chi connectivity index (χ0v) is 15.4. The number of carbonyl (C=O) groups is 2. The number of aromatic nitrogens is 2. The molecule has 0 saturated carbocycles. The molecule has 1 fully saturated rings. The molecule has 0 spiro atoms. The molecule has 0 atom stereocenters. The number of amides is 2. The summed E-state index contributed by atoms with van der Waals surface area (Å²) in [5, 5.41) is 2.90. The van der Waals surface area contributed by atoms with E-state index < -0.39 is 0 Å². The summed E-state index contributed by atoms with van der Waals surface area (Å²) in [4.78, 5) is 33.7. The Kier molecular flexibility index (Phi) is 6.35. The van der Waals surface area contributed by atoms with Crippen molar-refractivity contribution >= 4 is 12.0 Å². The van der Waals surface area contributed by atoms with E-state index in [0.29, 0.717) is 31.2 Å². The van der Waals surface area contributed by atoms with Crippen LogP contribution in [0.25, 0.3) is 0 Å². The van der Waals surface area contributed by atoms with Crippen LogP contribution in [0.1, 0.15) is 34.5 Å². The maximum Gasteiger partial charge on any atom is 0.410 e. The summed E-state index contributed by atoms with van der Waals surface area (Å²) < 4.78 is 5.40. The van der Waals surface area contributed by atoms with Crippen molar-refractivity contribution in [3.63, 3.8) is 0 Å². The maximum atomic E-state index is 12.2. The van der Waals surface area contributed by atoms with Gasteiger partial charge in [-0.15, -0.1) is 0 Å². The molecule has 1 aromatic heterocycles. The summed E-state index contributed by atoms with van der Waals surface area (Å²) in [5.41, 5.74) is 2.53. The van der Waals surface area contributed by atoms with Crippen LogP contribution in [0, 0.1) is 12.8 Å². The van der Waals surface area contributed by atoms with Gasteiger partial charge in [-0.05, 0) is 37.3 Å². The van der Waals surface area contributed by atoms with Crippen molar-refractivity contribution in [3.05, 3.63) is 59.7 Å². The van der Waals surface area contributed by atoms with Crippen molar-refractivity contribution in [1.82, 2.24) is 20.2 Å². The van der Waals surface area contributed by atoms with Gasteiger partial charge in [0.05, 0.1) is 0 Å². The molecule has 1 N–H and O–H groups in total. The lowest BCUT2D eigenvalue weighted by Crippen LogP contribution is -2.41. The summed E-state index contributed by atoms with van der Waals surface area (Å²) >= 11 is 0. The fraction of sp³-hybridized carbons (Fsp3) is 0.400. The summed E-state index contributed by atoms with van der Waals surface area (Å²) in [6, 6.07) is 9.53. The minimum atomic E-state index is -0.279. The first kappa shape index (κ1) is 18.8. The Hall–Kier alpha value is -2.96. The normalized spacial score (nSPS) is 14.6. The predicted octanol–water partition coefficient (Wildman–Crippen LogP) is 2.56. The SMILES string of the molecule is Cc1ccc(COC(=O)N2CCC(CNC(=O)c3ccncn3)CC2)cc1. The third-order valence-electron chi connectivity index (χ3n) is 4.72. The molecule has 1 aliphatic rings. The van der Waals surface area contributed by atoms with Crippen LogP contribution in [0.4, 0.5) is 4.79 Å². The van der Waals surface area contributed by atoms with E-state index >= 15 is 0 Å². The molecule has 0 unspecified atom stereocenters. The molecule has 1 aromatic carbocycles. The Balaban J connectivity index is 1.37. The van der Waals surface area contributed by atoms with E-state index in [1.807, 2.05) is 31.2 Å². The monoisotopic (exact) mass is 368 g/mol. The van der Waals surface area contributed by atoms with E-state index in [1.54, 1.807) is 17.2 Å². The average Bonchev–Trinajstić information content (AvgIpc) is 2.72. The van der Waals surface area contributed by atoms with Gasteiger partial charge in [-0.25, -0.2) is 14.8 Å². The molecule has 7 heteroatoms. The first-order chi connectivity index (χ1) is 13.1. The van der Waals surface area contributed by atoms with E-state index in [-0.39, 0.29) is 18.6 Å². The van der Waals surface area contributed by atoms with Crippen LogP contribution in [0.15, 0.2) is 42.9 Å². The summed E-state index contributed by atoms with van der Waals surface area (Å²) in [5.74, 6) is 0.147. The Morgan fingerprint density at radius 1 is 1.19 bits per heavy atom. The number of hydrogen-bond donors (Lipinski definition) is 1. The number of aryl methyl sites for hydroxylation is 1. The quantitative estimate of drug-likeness (QED) is 0.877. The largest absolute Gasteiger partial charge is 0.445 e. The van der Waals surface area contributed by atoms with Gasteiger partial charge in [-0.1, -0.05) is 29.8 Å².